The molecule has 2 atom stereocenters. The predicted molar refractivity (Wildman–Crippen MR) is 64.9 cm³/mol. The summed E-state index contributed by atoms with van der Waals surface area (Å²) in [5, 5.41) is 3.03. The van der Waals surface area contributed by atoms with E-state index in [0.29, 0.717) is 12.2 Å². The molecule has 0 spiro atoms. The normalized spacial score (nSPS) is 23.2. The Kier molecular flexibility index (Phi) is 4.64. The highest BCUT2D eigenvalue weighted by atomic mass is 35.5. The van der Waals surface area contributed by atoms with Crippen molar-refractivity contribution in [3.8, 4) is 0 Å². The van der Waals surface area contributed by atoms with Crippen molar-refractivity contribution in [1.82, 2.24) is 5.32 Å². The maximum atomic E-state index is 12.6. The first-order valence-electron chi connectivity index (χ1n) is 5.43. The molecule has 0 bridgehead atoms. The van der Waals surface area contributed by atoms with Crippen molar-refractivity contribution in [2.24, 2.45) is 0 Å². The quantitative estimate of drug-likeness (QED) is 0.851. The highest BCUT2D eigenvalue weighted by Gasteiger charge is 2.33. The number of benzene rings is 1. The summed E-state index contributed by atoms with van der Waals surface area (Å²) in [6.45, 7) is 2.25. The number of halogens is 4. The number of ether oxygens (including phenoxy) is 1. The highest BCUT2D eigenvalue weighted by Crippen LogP contribution is 2.37. The molecule has 1 aliphatic heterocycles. The summed E-state index contributed by atoms with van der Waals surface area (Å²) in [7, 11) is 1.77. The number of hydrogen-bond acceptors (Lipinski definition) is 2. The van der Waals surface area contributed by atoms with Crippen LogP contribution in [0, 0.1) is 0 Å². The third-order valence-electron chi connectivity index (χ3n) is 3.09. The molecule has 6 heteroatoms. The van der Waals surface area contributed by atoms with Crippen LogP contribution in [0.4, 0.5) is 13.2 Å². The molecule has 0 aromatic heterocycles. The Labute approximate surface area is 110 Å². The Hall–Kier alpha value is -0.780. The Bertz CT molecular complexity index is 422. The van der Waals surface area contributed by atoms with Gasteiger partial charge < -0.3 is 10.1 Å². The molecule has 0 amide bonds. The van der Waals surface area contributed by atoms with Crippen molar-refractivity contribution < 1.29 is 17.9 Å². The number of rotatable bonds is 1. The van der Waals surface area contributed by atoms with Crippen molar-refractivity contribution in [3.63, 3.8) is 0 Å². The number of alkyl halides is 3. The van der Waals surface area contributed by atoms with Crippen LogP contribution in [0.3, 0.4) is 0 Å². The van der Waals surface area contributed by atoms with E-state index in [4.69, 9.17) is 4.74 Å². The van der Waals surface area contributed by atoms with Crippen molar-refractivity contribution in [2.75, 3.05) is 13.7 Å². The molecule has 2 rings (SSSR count). The Morgan fingerprint density at radius 1 is 1.28 bits per heavy atom. The molecule has 0 fully saturated rings. The van der Waals surface area contributed by atoms with Crippen molar-refractivity contribution in [2.45, 2.75) is 25.2 Å². The zero-order valence-electron chi connectivity index (χ0n) is 10.0. The van der Waals surface area contributed by atoms with Crippen LogP contribution >= 0.6 is 12.4 Å². The molecule has 1 heterocycles. The standard InChI is InChI=1S/C12H14F3NO.ClH/c1-7-10-5-8(12(13,14)15)3-4-9(10)11(16-2)6-17-7;/h3-5,7,11,16H,6H2,1-2H3;1H/t7-,11+;/m1./s1. The molecule has 2 nitrogen and oxygen atoms in total. The van der Waals surface area contributed by atoms with Gasteiger partial charge in [-0.2, -0.15) is 13.2 Å². The number of nitrogens with one attached hydrogen (secondary N) is 1. The van der Waals surface area contributed by atoms with E-state index >= 15 is 0 Å². The minimum absolute atomic E-state index is 0. The molecule has 0 saturated heterocycles. The van der Waals surface area contributed by atoms with Crippen LogP contribution in [0.25, 0.3) is 0 Å². The van der Waals surface area contributed by atoms with Crippen LogP contribution in [0.1, 0.15) is 35.8 Å². The molecule has 0 radical (unpaired) electrons. The van der Waals surface area contributed by atoms with E-state index in [1.165, 1.54) is 6.07 Å². The third-order valence-corrected chi connectivity index (χ3v) is 3.09. The molecular weight excluding hydrogens is 267 g/mol. The number of fused-ring (bicyclic) bond motifs is 1. The lowest BCUT2D eigenvalue weighted by atomic mass is 9.93. The van der Waals surface area contributed by atoms with Crippen LogP contribution < -0.4 is 5.32 Å². The monoisotopic (exact) mass is 281 g/mol. The van der Waals surface area contributed by atoms with Crippen LogP contribution in [-0.2, 0) is 10.9 Å². The second kappa shape index (κ2) is 5.47. The van der Waals surface area contributed by atoms with Gasteiger partial charge in [0.25, 0.3) is 0 Å². The second-order valence-corrected chi connectivity index (χ2v) is 4.16. The number of likely N-dealkylation sites (N-methyl/N-ethyl adjacent to an activating group) is 1. The zero-order chi connectivity index (χ0) is 12.6. The molecule has 18 heavy (non-hydrogen) atoms. The lowest BCUT2D eigenvalue weighted by Crippen LogP contribution is -2.28. The van der Waals surface area contributed by atoms with Gasteiger partial charge in [0.15, 0.2) is 0 Å². The first-order valence-corrected chi connectivity index (χ1v) is 5.43. The van der Waals surface area contributed by atoms with Gasteiger partial charge in [0.1, 0.15) is 0 Å². The fourth-order valence-corrected chi connectivity index (χ4v) is 2.08. The van der Waals surface area contributed by atoms with E-state index in [9.17, 15) is 13.2 Å². The topological polar surface area (TPSA) is 21.3 Å². The van der Waals surface area contributed by atoms with E-state index in [2.05, 4.69) is 5.32 Å². The summed E-state index contributed by atoms with van der Waals surface area (Å²) < 4.78 is 43.3. The van der Waals surface area contributed by atoms with Gasteiger partial charge in [-0.1, -0.05) is 6.07 Å². The van der Waals surface area contributed by atoms with Gasteiger partial charge >= 0.3 is 6.18 Å². The molecule has 0 unspecified atom stereocenters. The molecule has 1 N–H and O–H groups in total. The van der Waals surface area contributed by atoms with Crippen LogP contribution in [0.15, 0.2) is 18.2 Å². The first kappa shape index (κ1) is 15.3. The fraction of sp³-hybridized carbons (Fsp3) is 0.500. The lowest BCUT2D eigenvalue weighted by Gasteiger charge is -2.30. The molecular formula is C12H15ClF3NO. The smallest absolute Gasteiger partial charge is 0.372 e. The van der Waals surface area contributed by atoms with Gasteiger partial charge in [-0.15, -0.1) is 12.4 Å². The summed E-state index contributed by atoms with van der Waals surface area (Å²) in [5.41, 5.74) is 0.883. The molecule has 102 valence electrons. The van der Waals surface area contributed by atoms with Crippen molar-refractivity contribution >= 4 is 12.4 Å². The summed E-state index contributed by atoms with van der Waals surface area (Å²) in [5.74, 6) is 0. The van der Waals surface area contributed by atoms with Gasteiger partial charge in [0, 0.05) is 0 Å². The van der Waals surface area contributed by atoms with Gasteiger partial charge in [0.2, 0.25) is 0 Å². The maximum Gasteiger partial charge on any atom is 0.416 e. The number of hydrogen-bond donors (Lipinski definition) is 1. The summed E-state index contributed by atoms with van der Waals surface area (Å²) >= 11 is 0. The molecule has 1 aliphatic rings. The van der Waals surface area contributed by atoms with Crippen molar-refractivity contribution in [1.29, 1.82) is 0 Å². The summed E-state index contributed by atoms with van der Waals surface area (Å²) in [4.78, 5) is 0. The highest BCUT2D eigenvalue weighted by molar-refractivity contribution is 5.85. The average molecular weight is 282 g/mol. The van der Waals surface area contributed by atoms with E-state index in [-0.39, 0.29) is 24.6 Å². The van der Waals surface area contributed by atoms with Gasteiger partial charge in [-0.3, -0.25) is 0 Å². The predicted octanol–water partition coefficient (Wildman–Crippen LogP) is 3.48. The van der Waals surface area contributed by atoms with Crippen LogP contribution in [-0.4, -0.2) is 13.7 Å². The Morgan fingerprint density at radius 2 is 1.94 bits per heavy atom. The summed E-state index contributed by atoms with van der Waals surface area (Å²) in [6.07, 6.45) is -4.60. The van der Waals surface area contributed by atoms with E-state index in [0.717, 1.165) is 11.6 Å². The van der Waals surface area contributed by atoms with E-state index < -0.39 is 11.7 Å². The third kappa shape index (κ3) is 2.79. The minimum atomic E-state index is -4.30. The van der Waals surface area contributed by atoms with Crippen molar-refractivity contribution in [3.05, 3.63) is 34.9 Å². The first-order chi connectivity index (χ1) is 7.93. The van der Waals surface area contributed by atoms with Crippen LogP contribution in [0.2, 0.25) is 0 Å². The van der Waals surface area contributed by atoms with E-state index in [1.54, 1.807) is 20.0 Å². The zero-order valence-corrected chi connectivity index (χ0v) is 10.9. The Balaban J connectivity index is 0.00000162. The van der Waals surface area contributed by atoms with Gasteiger partial charge in [-0.25, -0.2) is 0 Å². The largest absolute Gasteiger partial charge is 0.416 e. The molecule has 0 aliphatic carbocycles. The molecule has 0 saturated carbocycles. The Morgan fingerprint density at radius 3 is 2.50 bits per heavy atom. The molecule has 1 aromatic carbocycles. The minimum Gasteiger partial charge on any atom is -0.372 e. The molecule has 1 aromatic rings. The SMILES string of the molecule is CN[C@H]1CO[C@H](C)c2cc(C(F)(F)F)ccc21.Cl. The summed E-state index contributed by atoms with van der Waals surface area (Å²) in [6, 6.07) is 3.81. The van der Waals surface area contributed by atoms with E-state index in [1.807, 2.05) is 0 Å². The van der Waals surface area contributed by atoms with Crippen LogP contribution in [0.5, 0.6) is 0 Å². The fourth-order valence-electron chi connectivity index (χ4n) is 2.08. The maximum absolute atomic E-state index is 12.6. The average Bonchev–Trinajstić information content (AvgIpc) is 2.28. The second-order valence-electron chi connectivity index (χ2n) is 4.16. The lowest BCUT2D eigenvalue weighted by molar-refractivity contribution is -0.137. The van der Waals surface area contributed by atoms with Gasteiger partial charge in [0.05, 0.1) is 24.3 Å². The van der Waals surface area contributed by atoms with Gasteiger partial charge in [-0.05, 0) is 37.2 Å².